The average molecular weight is 527 g/mol. The standard InChI is InChI=1S/C31H30N2O4S/c1-31(2,3)26-17-20(6-15-28(34)22-9-13-25(37-5)14-10-22)16-23(29(26)35)18-32-30-33-27(19-38-30)21-7-11-24(36-4)12-8-21/h6-19,35H,1-5H3/b15-6+,32-18+. The number of methoxy groups -OCH3 is 2. The lowest BCUT2D eigenvalue weighted by Gasteiger charge is -2.22. The van der Waals surface area contributed by atoms with Crippen molar-refractivity contribution in [2.24, 2.45) is 4.99 Å². The van der Waals surface area contributed by atoms with Crippen molar-refractivity contribution in [1.29, 1.82) is 0 Å². The Morgan fingerprint density at radius 2 is 1.61 bits per heavy atom. The van der Waals surface area contributed by atoms with Gasteiger partial charge >= 0.3 is 0 Å². The molecule has 0 bridgehead atoms. The van der Waals surface area contributed by atoms with E-state index in [0.29, 0.717) is 22.0 Å². The predicted octanol–water partition coefficient (Wildman–Crippen LogP) is 7.48. The normalized spacial score (nSPS) is 11.8. The quantitative estimate of drug-likeness (QED) is 0.146. The number of nitrogens with zero attached hydrogens (tertiary/aromatic N) is 2. The van der Waals surface area contributed by atoms with Gasteiger partial charge in [0.2, 0.25) is 5.13 Å². The summed E-state index contributed by atoms with van der Waals surface area (Å²) >= 11 is 1.42. The molecule has 4 rings (SSSR count). The number of benzene rings is 3. The van der Waals surface area contributed by atoms with E-state index in [1.807, 2.05) is 62.5 Å². The van der Waals surface area contributed by atoms with Gasteiger partial charge in [-0.25, -0.2) is 9.98 Å². The van der Waals surface area contributed by atoms with Crippen LogP contribution in [-0.4, -0.2) is 36.3 Å². The Morgan fingerprint density at radius 1 is 0.974 bits per heavy atom. The Kier molecular flexibility index (Phi) is 8.08. The molecular weight excluding hydrogens is 496 g/mol. The van der Waals surface area contributed by atoms with Gasteiger partial charge in [-0.3, -0.25) is 4.79 Å². The molecule has 3 aromatic carbocycles. The van der Waals surface area contributed by atoms with E-state index in [2.05, 4.69) is 9.98 Å². The van der Waals surface area contributed by atoms with Crippen molar-refractivity contribution in [2.45, 2.75) is 26.2 Å². The molecule has 0 fully saturated rings. The SMILES string of the molecule is COc1ccc(C(=O)/C=C/c2cc(/C=N/c3nc(-c4ccc(OC)cc4)cs3)c(O)c(C(C)(C)C)c2)cc1. The van der Waals surface area contributed by atoms with E-state index < -0.39 is 0 Å². The fraction of sp³-hybridized carbons (Fsp3) is 0.194. The molecule has 0 aliphatic heterocycles. The second-order valence-electron chi connectivity index (χ2n) is 9.68. The number of ketones is 1. The molecule has 0 radical (unpaired) electrons. The molecule has 38 heavy (non-hydrogen) atoms. The number of hydrogen-bond acceptors (Lipinski definition) is 7. The van der Waals surface area contributed by atoms with Crippen LogP contribution in [0.4, 0.5) is 5.13 Å². The molecule has 194 valence electrons. The second-order valence-corrected chi connectivity index (χ2v) is 10.5. The molecule has 0 amide bonds. The topological polar surface area (TPSA) is 81.0 Å². The van der Waals surface area contributed by atoms with Gasteiger partial charge in [-0.15, -0.1) is 11.3 Å². The second kappa shape index (κ2) is 11.4. The third kappa shape index (κ3) is 6.36. The van der Waals surface area contributed by atoms with E-state index in [9.17, 15) is 9.90 Å². The highest BCUT2D eigenvalue weighted by Crippen LogP contribution is 2.35. The van der Waals surface area contributed by atoms with E-state index in [1.165, 1.54) is 17.4 Å². The largest absolute Gasteiger partial charge is 0.507 e. The van der Waals surface area contributed by atoms with Crippen molar-refractivity contribution in [3.63, 3.8) is 0 Å². The Morgan fingerprint density at radius 3 is 2.21 bits per heavy atom. The minimum Gasteiger partial charge on any atom is -0.507 e. The minimum absolute atomic E-state index is 0.123. The number of carbonyl (C=O) groups excluding carboxylic acids is 1. The number of phenolic OH excluding ortho intramolecular Hbond substituents is 1. The van der Waals surface area contributed by atoms with Crippen molar-refractivity contribution in [1.82, 2.24) is 4.98 Å². The molecule has 4 aromatic rings. The van der Waals surface area contributed by atoms with Gasteiger partial charge in [0.25, 0.3) is 0 Å². The summed E-state index contributed by atoms with van der Waals surface area (Å²) in [4.78, 5) is 21.8. The van der Waals surface area contributed by atoms with Gasteiger partial charge in [-0.2, -0.15) is 0 Å². The monoisotopic (exact) mass is 526 g/mol. The van der Waals surface area contributed by atoms with Crippen molar-refractivity contribution in [2.75, 3.05) is 14.2 Å². The van der Waals surface area contributed by atoms with E-state index in [1.54, 1.807) is 50.8 Å². The summed E-state index contributed by atoms with van der Waals surface area (Å²) in [6.07, 6.45) is 4.90. The summed E-state index contributed by atoms with van der Waals surface area (Å²) in [6, 6.07) is 18.4. The maximum absolute atomic E-state index is 12.7. The van der Waals surface area contributed by atoms with Gasteiger partial charge in [0.05, 0.1) is 19.9 Å². The Hall–Kier alpha value is -4.23. The summed E-state index contributed by atoms with van der Waals surface area (Å²) in [5.74, 6) is 1.51. The fourth-order valence-electron chi connectivity index (χ4n) is 3.81. The number of hydrogen-bond donors (Lipinski definition) is 1. The molecule has 0 saturated heterocycles. The number of allylic oxidation sites excluding steroid dienone is 1. The third-order valence-corrected chi connectivity index (χ3v) is 6.71. The highest BCUT2D eigenvalue weighted by Gasteiger charge is 2.21. The van der Waals surface area contributed by atoms with E-state index in [0.717, 1.165) is 28.1 Å². The molecule has 0 aliphatic rings. The van der Waals surface area contributed by atoms with Crippen molar-refractivity contribution in [3.8, 4) is 28.5 Å². The number of aromatic hydroxyl groups is 1. The summed E-state index contributed by atoms with van der Waals surface area (Å²) in [5.41, 5.74) is 4.13. The smallest absolute Gasteiger partial charge is 0.209 e. The number of aliphatic imine (C=N–C) groups is 1. The zero-order valence-corrected chi connectivity index (χ0v) is 22.9. The van der Waals surface area contributed by atoms with Gasteiger partial charge in [0, 0.05) is 33.8 Å². The first-order valence-corrected chi connectivity index (χ1v) is 12.9. The summed E-state index contributed by atoms with van der Waals surface area (Å²) < 4.78 is 10.4. The van der Waals surface area contributed by atoms with Crippen LogP contribution in [0.15, 0.2) is 77.1 Å². The average Bonchev–Trinajstić information content (AvgIpc) is 3.40. The van der Waals surface area contributed by atoms with Gasteiger partial charge in [0.1, 0.15) is 17.2 Å². The highest BCUT2D eigenvalue weighted by molar-refractivity contribution is 7.13. The van der Waals surface area contributed by atoms with Crippen LogP contribution in [0, 0.1) is 0 Å². The number of aromatic nitrogens is 1. The number of ether oxygens (including phenoxy) is 2. The van der Waals surface area contributed by atoms with Crippen molar-refractivity contribution < 1.29 is 19.4 Å². The highest BCUT2D eigenvalue weighted by atomic mass is 32.1. The molecule has 1 heterocycles. The van der Waals surface area contributed by atoms with Crippen LogP contribution in [0.3, 0.4) is 0 Å². The lowest BCUT2D eigenvalue weighted by Crippen LogP contribution is -2.12. The molecular formula is C31H30N2O4S. The molecule has 1 aromatic heterocycles. The molecule has 1 N–H and O–H groups in total. The zero-order valence-electron chi connectivity index (χ0n) is 22.1. The van der Waals surface area contributed by atoms with Crippen LogP contribution >= 0.6 is 11.3 Å². The van der Waals surface area contributed by atoms with Gasteiger partial charge in [-0.1, -0.05) is 26.8 Å². The minimum atomic E-state index is -0.320. The third-order valence-electron chi connectivity index (χ3n) is 5.96. The zero-order chi connectivity index (χ0) is 27.3. The molecule has 0 saturated carbocycles. The van der Waals surface area contributed by atoms with Crippen LogP contribution in [0.25, 0.3) is 17.3 Å². The lowest BCUT2D eigenvalue weighted by molar-refractivity contribution is 0.104. The van der Waals surface area contributed by atoms with Gasteiger partial charge in [0.15, 0.2) is 5.78 Å². The van der Waals surface area contributed by atoms with E-state index in [-0.39, 0.29) is 16.9 Å². The van der Waals surface area contributed by atoms with Crippen molar-refractivity contribution >= 4 is 34.5 Å². The van der Waals surface area contributed by atoms with Crippen LogP contribution in [0.2, 0.25) is 0 Å². The number of rotatable bonds is 8. The van der Waals surface area contributed by atoms with E-state index >= 15 is 0 Å². The number of phenols is 1. The van der Waals surface area contributed by atoms with Crippen LogP contribution in [0.5, 0.6) is 17.2 Å². The first-order chi connectivity index (χ1) is 18.2. The molecule has 7 heteroatoms. The van der Waals surface area contributed by atoms with Gasteiger partial charge < -0.3 is 14.6 Å². The van der Waals surface area contributed by atoms with Gasteiger partial charge in [-0.05, 0) is 77.7 Å². The molecule has 0 unspecified atom stereocenters. The van der Waals surface area contributed by atoms with Crippen molar-refractivity contribution in [3.05, 3.63) is 94.4 Å². The molecule has 6 nitrogen and oxygen atoms in total. The molecule has 0 aliphatic carbocycles. The first kappa shape index (κ1) is 26.8. The van der Waals surface area contributed by atoms with Crippen LogP contribution < -0.4 is 9.47 Å². The van der Waals surface area contributed by atoms with Crippen LogP contribution in [0.1, 0.15) is 47.8 Å². The summed E-state index contributed by atoms with van der Waals surface area (Å²) in [5, 5.41) is 13.6. The maximum Gasteiger partial charge on any atom is 0.209 e. The maximum atomic E-state index is 12.7. The summed E-state index contributed by atoms with van der Waals surface area (Å²) in [7, 11) is 3.22. The first-order valence-electron chi connectivity index (χ1n) is 12.1. The predicted molar refractivity (Wildman–Crippen MR) is 155 cm³/mol. The Bertz CT molecular complexity index is 1480. The fourth-order valence-corrected chi connectivity index (χ4v) is 4.48. The number of carbonyl (C=O) groups is 1. The molecule has 0 atom stereocenters. The number of thiazole rings is 1. The lowest BCUT2D eigenvalue weighted by atomic mass is 9.84. The van der Waals surface area contributed by atoms with E-state index in [4.69, 9.17) is 9.47 Å². The Balaban J connectivity index is 1.61. The summed E-state index contributed by atoms with van der Waals surface area (Å²) in [6.45, 7) is 6.09. The molecule has 0 spiro atoms. The van der Waals surface area contributed by atoms with Crippen LogP contribution in [-0.2, 0) is 5.41 Å². The Labute approximate surface area is 227 Å².